The van der Waals surface area contributed by atoms with Gasteiger partial charge in [-0.1, -0.05) is 13.0 Å². The molecule has 3 aromatic heterocycles. The molecule has 1 N–H and O–H groups in total. The molecule has 12 heteroatoms. The number of anilines is 1. The first kappa shape index (κ1) is 28.5. The zero-order valence-corrected chi connectivity index (χ0v) is 24.5. The van der Waals surface area contributed by atoms with Gasteiger partial charge in [-0.2, -0.15) is 5.10 Å². The summed E-state index contributed by atoms with van der Waals surface area (Å²) in [4.78, 5) is 54.3. The number of fused-ring (bicyclic) bond motifs is 2. The normalized spacial score (nSPS) is 20.9. The summed E-state index contributed by atoms with van der Waals surface area (Å²) in [5, 5.41) is 7.44. The SMILES string of the molecule is CC(=O)c1nn(CC(=O)N2[C@H](C(=O)Nc3nc(C)ccc3C)C[C@@]3(C)C[C@@H]23)c2c(C(F)F)cc(-c3cnc(C)nc3)cc12. The Morgan fingerprint density at radius 2 is 1.79 bits per heavy atom. The minimum atomic E-state index is -2.92. The Kier molecular flexibility index (Phi) is 6.82. The average Bonchev–Trinajstić information content (AvgIpc) is 3.31. The lowest BCUT2D eigenvalue weighted by molar-refractivity contribution is -0.138. The highest BCUT2D eigenvalue weighted by Crippen LogP contribution is 2.59. The minimum Gasteiger partial charge on any atom is -0.325 e. The molecule has 222 valence electrons. The number of aryl methyl sites for hydroxylation is 3. The second kappa shape index (κ2) is 10.3. The number of piperidine rings is 1. The summed E-state index contributed by atoms with van der Waals surface area (Å²) >= 11 is 0. The third-order valence-corrected chi connectivity index (χ3v) is 8.54. The second-order valence-corrected chi connectivity index (χ2v) is 11.8. The lowest BCUT2D eigenvalue weighted by Gasteiger charge is -2.27. The first-order valence-corrected chi connectivity index (χ1v) is 14.0. The van der Waals surface area contributed by atoms with Gasteiger partial charge in [0.2, 0.25) is 11.8 Å². The van der Waals surface area contributed by atoms with Crippen LogP contribution in [0, 0.1) is 26.2 Å². The number of ketones is 1. The van der Waals surface area contributed by atoms with E-state index in [-0.39, 0.29) is 39.5 Å². The number of benzene rings is 1. The highest BCUT2D eigenvalue weighted by atomic mass is 19.3. The van der Waals surface area contributed by atoms with Crippen LogP contribution in [0.5, 0.6) is 0 Å². The number of rotatable bonds is 7. The number of amides is 2. The van der Waals surface area contributed by atoms with Crippen molar-refractivity contribution >= 4 is 34.3 Å². The molecule has 3 atom stereocenters. The maximum atomic E-state index is 14.5. The molecule has 6 rings (SSSR count). The largest absolute Gasteiger partial charge is 0.325 e. The molecule has 0 radical (unpaired) electrons. The Hall–Kier alpha value is -4.61. The molecule has 4 heterocycles. The van der Waals surface area contributed by atoms with Crippen molar-refractivity contribution in [2.75, 3.05) is 5.32 Å². The van der Waals surface area contributed by atoms with E-state index < -0.39 is 30.7 Å². The van der Waals surface area contributed by atoms with Crippen molar-refractivity contribution in [2.24, 2.45) is 5.41 Å². The quantitative estimate of drug-likeness (QED) is 0.303. The third-order valence-electron chi connectivity index (χ3n) is 8.54. The molecule has 0 unspecified atom stereocenters. The molecule has 1 saturated heterocycles. The van der Waals surface area contributed by atoms with Crippen LogP contribution in [0.3, 0.4) is 0 Å². The van der Waals surface area contributed by atoms with Crippen molar-refractivity contribution in [3.05, 3.63) is 65.0 Å². The topological polar surface area (TPSA) is 123 Å². The van der Waals surface area contributed by atoms with E-state index in [9.17, 15) is 23.2 Å². The second-order valence-electron chi connectivity index (χ2n) is 11.8. The standard InChI is InChI=1S/C31H31F2N7O3/c1-15-6-7-16(2)36-29(15)37-30(43)23-10-31(5)11-24(31)40(23)25(42)14-39-27-21(26(38-39)17(3)41)8-19(9-22(27)28(32)33)20-12-34-18(4)35-13-20/h6-9,12-13,23-24,28H,10-11,14H2,1-5H3,(H,36,37,43)/t23-,24+,31-/m0/s1. The molecule has 1 aliphatic heterocycles. The predicted molar refractivity (Wildman–Crippen MR) is 155 cm³/mol. The summed E-state index contributed by atoms with van der Waals surface area (Å²) in [6, 6.07) is 5.72. The van der Waals surface area contributed by atoms with E-state index in [1.165, 1.54) is 30.1 Å². The third kappa shape index (κ3) is 5.04. The van der Waals surface area contributed by atoms with E-state index in [0.717, 1.165) is 17.7 Å². The first-order chi connectivity index (χ1) is 20.4. The van der Waals surface area contributed by atoms with Gasteiger partial charge in [0, 0.05) is 47.6 Å². The molecule has 1 aromatic carbocycles. The Balaban J connectivity index is 1.36. The average molecular weight is 588 g/mol. The predicted octanol–water partition coefficient (Wildman–Crippen LogP) is 4.97. The van der Waals surface area contributed by atoms with Crippen LogP contribution in [0.4, 0.5) is 14.6 Å². The number of carbonyl (C=O) groups excluding carboxylic acids is 3. The minimum absolute atomic E-state index is 0.00340. The van der Waals surface area contributed by atoms with Crippen LogP contribution < -0.4 is 5.32 Å². The summed E-state index contributed by atoms with van der Waals surface area (Å²) < 4.78 is 30.2. The van der Waals surface area contributed by atoms with Crippen LogP contribution in [0.25, 0.3) is 22.0 Å². The number of aromatic nitrogens is 5. The zero-order valence-electron chi connectivity index (χ0n) is 24.5. The molecule has 10 nitrogen and oxygen atoms in total. The molecule has 0 spiro atoms. The first-order valence-electron chi connectivity index (χ1n) is 14.0. The molecule has 4 aromatic rings. The monoisotopic (exact) mass is 587 g/mol. The van der Waals surface area contributed by atoms with E-state index in [1.807, 2.05) is 32.9 Å². The number of Topliss-reactive ketones (excluding diaryl/α,β-unsaturated/α-hetero) is 1. The van der Waals surface area contributed by atoms with Gasteiger partial charge in [0.1, 0.15) is 29.9 Å². The number of hydrogen-bond acceptors (Lipinski definition) is 7. The van der Waals surface area contributed by atoms with E-state index in [4.69, 9.17) is 0 Å². The van der Waals surface area contributed by atoms with E-state index in [1.54, 1.807) is 17.9 Å². The van der Waals surface area contributed by atoms with Gasteiger partial charge in [0.15, 0.2) is 5.78 Å². The lowest BCUT2D eigenvalue weighted by Crippen LogP contribution is -2.47. The van der Waals surface area contributed by atoms with Gasteiger partial charge in [-0.25, -0.2) is 23.7 Å². The molecule has 0 bridgehead atoms. The van der Waals surface area contributed by atoms with Crippen molar-refractivity contribution in [1.29, 1.82) is 0 Å². The Morgan fingerprint density at radius 1 is 1.07 bits per heavy atom. The van der Waals surface area contributed by atoms with Gasteiger partial charge >= 0.3 is 0 Å². The van der Waals surface area contributed by atoms with E-state index in [0.29, 0.717) is 29.2 Å². The van der Waals surface area contributed by atoms with E-state index >= 15 is 0 Å². The van der Waals surface area contributed by atoms with Gasteiger partial charge in [0.05, 0.1) is 5.52 Å². The van der Waals surface area contributed by atoms with Crippen molar-refractivity contribution < 1.29 is 23.2 Å². The molecule has 2 aliphatic rings. The fourth-order valence-electron chi connectivity index (χ4n) is 6.12. The Bertz CT molecular complexity index is 1800. The van der Waals surface area contributed by atoms with Gasteiger partial charge in [0.25, 0.3) is 6.43 Å². The molecule has 1 saturated carbocycles. The molecule has 2 amide bonds. The number of nitrogens with zero attached hydrogens (tertiary/aromatic N) is 6. The Morgan fingerprint density at radius 3 is 2.47 bits per heavy atom. The van der Waals surface area contributed by atoms with Crippen LogP contribution in [0.1, 0.15) is 66.2 Å². The molecular formula is C31H31F2N7O3. The molecule has 1 aliphatic carbocycles. The van der Waals surface area contributed by atoms with Crippen LogP contribution in [0.2, 0.25) is 0 Å². The van der Waals surface area contributed by atoms with Crippen LogP contribution >= 0.6 is 0 Å². The number of hydrogen-bond donors (Lipinski definition) is 1. The highest BCUT2D eigenvalue weighted by Gasteiger charge is 2.64. The summed E-state index contributed by atoms with van der Waals surface area (Å²) in [6.07, 6.45) is 1.36. The molecule has 2 fully saturated rings. The number of alkyl halides is 2. The smallest absolute Gasteiger partial charge is 0.265 e. The van der Waals surface area contributed by atoms with Crippen molar-refractivity contribution in [3.63, 3.8) is 0 Å². The zero-order chi connectivity index (χ0) is 30.8. The fourth-order valence-corrected chi connectivity index (χ4v) is 6.12. The fraction of sp³-hybridized carbons (Fsp3) is 0.387. The van der Waals surface area contributed by atoms with Gasteiger partial charge < -0.3 is 10.2 Å². The Labute approximate surface area is 246 Å². The van der Waals surface area contributed by atoms with E-state index in [2.05, 4.69) is 25.4 Å². The summed E-state index contributed by atoms with van der Waals surface area (Å²) in [5.74, 6) is -0.251. The number of halogens is 2. The van der Waals surface area contributed by atoms with Gasteiger partial charge in [-0.05, 0) is 68.4 Å². The van der Waals surface area contributed by atoms with Crippen LogP contribution in [-0.4, -0.2) is 59.3 Å². The van der Waals surface area contributed by atoms with Crippen molar-refractivity contribution in [1.82, 2.24) is 29.6 Å². The maximum Gasteiger partial charge on any atom is 0.265 e. The number of likely N-dealkylation sites (tertiary alicyclic amines) is 1. The summed E-state index contributed by atoms with van der Waals surface area (Å²) in [6.45, 7) is 8.30. The number of pyridine rings is 1. The maximum absolute atomic E-state index is 14.5. The van der Waals surface area contributed by atoms with Crippen molar-refractivity contribution in [2.45, 2.75) is 72.5 Å². The van der Waals surface area contributed by atoms with Crippen molar-refractivity contribution in [3.8, 4) is 11.1 Å². The van der Waals surface area contributed by atoms with Gasteiger partial charge in [-0.15, -0.1) is 0 Å². The summed E-state index contributed by atoms with van der Waals surface area (Å²) in [5.41, 5.74) is 1.86. The van der Waals surface area contributed by atoms with Gasteiger partial charge in [-0.3, -0.25) is 19.1 Å². The van der Waals surface area contributed by atoms with Crippen LogP contribution in [-0.2, 0) is 16.1 Å². The molecule has 43 heavy (non-hydrogen) atoms. The molecular weight excluding hydrogens is 556 g/mol. The number of carbonyl (C=O) groups is 3. The highest BCUT2D eigenvalue weighted by molar-refractivity contribution is 6.07. The lowest BCUT2D eigenvalue weighted by atomic mass is 10.0. The van der Waals surface area contributed by atoms with Crippen LogP contribution in [0.15, 0.2) is 36.7 Å². The summed E-state index contributed by atoms with van der Waals surface area (Å²) in [7, 11) is 0. The number of nitrogens with one attached hydrogen (secondary N) is 1.